The SMILES string of the molecule is COC(=O)c1ccn2cc(C(=O)O)cc2c1. The molecule has 2 aromatic heterocycles. The molecule has 0 aliphatic rings. The summed E-state index contributed by atoms with van der Waals surface area (Å²) in [6, 6.07) is 4.65. The Kier molecular flexibility index (Phi) is 2.36. The fourth-order valence-corrected chi connectivity index (χ4v) is 1.47. The molecule has 1 N–H and O–H groups in total. The van der Waals surface area contributed by atoms with Gasteiger partial charge in [0.15, 0.2) is 0 Å². The first-order valence-corrected chi connectivity index (χ1v) is 4.55. The van der Waals surface area contributed by atoms with Crippen molar-refractivity contribution in [2.75, 3.05) is 7.11 Å². The van der Waals surface area contributed by atoms with Gasteiger partial charge in [-0.15, -0.1) is 0 Å². The summed E-state index contributed by atoms with van der Waals surface area (Å²) in [6.45, 7) is 0. The van der Waals surface area contributed by atoms with Crippen LogP contribution in [0.3, 0.4) is 0 Å². The molecule has 82 valence electrons. The maximum absolute atomic E-state index is 11.2. The highest BCUT2D eigenvalue weighted by atomic mass is 16.5. The minimum absolute atomic E-state index is 0.182. The number of hydrogen-bond donors (Lipinski definition) is 1. The molecule has 16 heavy (non-hydrogen) atoms. The van der Waals surface area contributed by atoms with Crippen molar-refractivity contribution in [1.29, 1.82) is 0 Å². The second-order valence-electron chi connectivity index (χ2n) is 3.27. The van der Waals surface area contributed by atoms with Gasteiger partial charge in [-0.2, -0.15) is 0 Å². The maximum atomic E-state index is 11.2. The van der Waals surface area contributed by atoms with Gasteiger partial charge in [-0.05, 0) is 18.2 Å². The summed E-state index contributed by atoms with van der Waals surface area (Å²) in [5.41, 5.74) is 1.22. The van der Waals surface area contributed by atoms with Gasteiger partial charge in [0.2, 0.25) is 0 Å². The van der Waals surface area contributed by atoms with Crippen LogP contribution < -0.4 is 0 Å². The minimum Gasteiger partial charge on any atom is -0.478 e. The number of carbonyl (C=O) groups excluding carboxylic acids is 1. The molecule has 5 heteroatoms. The minimum atomic E-state index is -0.997. The smallest absolute Gasteiger partial charge is 0.337 e. The molecule has 0 fully saturated rings. The number of carboxylic acids is 1. The average Bonchev–Trinajstić information content (AvgIpc) is 2.70. The maximum Gasteiger partial charge on any atom is 0.337 e. The largest absolute Gasteiger partial charge is 0.478 e. The summed E-state index contributed by atoms with van der Waals surface area (Å²) < 4.78 is 6.21. The number of esters is 1. The van der Waals surface area contributed by atoms with Crippen LogP contribution in [0.25, 0.3) is 5.52 Å². The molecule has 2 rings (SSSR count). The van der Waals surface area contributed by atoms with Crippen LogP contribution in [0.5, 0.6) is 0 Å². The molecule has 5 nitrogen and oxygen atoms in total. The zero-order valence-corrected chi connectivity index (χ0v) is 8.51. The lowest BCUT2D eigenvalue weighted by molar-refractivity contribution is 0.0600. The molecule has 0 aliphatic heterocycles. The third-order valence-electron chi connectivity index (χ3n) is 2.27. The predicted octanol–water partition coefficient (Wildman–Crippen LogP) is 1.42. The molecule has 2 aromatic rings. The molecule has 0 aliphatic carbocycles. The summed E-state index contributed by atoms with van der Waals surface area (Å²) in [6.07, 6.45) is 3.10. The van der Waals surface area contributed by atoms with Gasteiger partial charge in [-0.1, -0.05) is 0 Å². The molecule has 0 atom stereocenters. The number of hydrogen-bond acceptors (Lipinski definition) is 3. The molecule has 0 saturated heterocycles. The van der Waals surface area contributed by atoms with Gasteiger partial charge in [-0.3, -0.25) is 0 Å². The Morgan fingerprint density at radius 3 is 2.62 bits per heavy atom. The highest BCUT2D eigenvalue weighted by Crippen LogP contribution is 2.13. The quantitative estimate of drug-likeness (QED) is 0.775. The van der Waals surface area contributed by atoms with Crippen LogP contribution in [0.4, 0.5) is 0 Å². The molecular formula is C11H9NO4. The van der Waals surface area contributed by atoms with Gasteiger partial charge < -0.3 is 14.2 Å². The Bertz CT molecular complexity index is 570. The van der Waals surface area contributed by atoms with Crippen LogP contribution in [0.1, 0.15) is 20.7 Å². The number of pyridine rings is 1. The highest BCUT2D eigenvalue weighted by Gasteiger charge is 2.09. The van der Waals surface area contributed by atoms with Crippen LogP contribution in [0.2, 0.25) is 0 Å². The van der Waals surface area contributed by atoms with Crippen LogP contribution in [0.15, 0.2) is 30.6 Å². The van der Waals surface area contributed by atoms with Crippen molar-refractivity contribution in [1.82, 2.24) is 4.40 Å². The van der Waals surface area contributed by atoms with Crippen molar-refractivity contribution in [3.05, 3.63) is 41.7 Å². The standard InChI is InChI=1S/C11H9NO4/c1-16-11(15)7-2-3-12-6-8(10(13)14)5-9(12)4-7/h2-6H,1H3,(H,13,14). The molecule has 0 aromatic carbocycles. The number of aromatic carboxylic acids is 1. The first-order chi connectivity index (χ1) is 7.61. The zero-order chi connectivity index (χ0) is 11.7. The Morgan fingerprint density at radius 2 is 2.00 bits per heavy atom. The van der Waals surface area contributed by atoms with E-state index in [0.29, 0.717) is 11.1 Å². The lowest BCUT2D eigenvalue weighted by Crippen LogP contribution is -2.01. The molecular weight excluding hydrogens is 210 g/mol. The lowest BCUT2D eigenvalue weighted by atomic mass is 10.2. The number of nitrogens with zero attached hydrogens (tertiary/aromatic N) is 1. The molecule has 0 spiro atoms. The topological polar surface area (TPSA) is 68.0 Å². The predicted molar refractivity (Wildman–Crippen MR) is 55.7 cm³/mol. The van der Waals surface area contributed by atoms with E-state index >= 15 is 0 Å². The molecule has 0 bridgehead atoms. The third-order valence-corrected chi connectivity index (χ3v) is 2.27. The van der Waals surface area contributed by atoms with E-state index in [9.17, 15) is 9.59 Å². The van der Waals surface area contributed by atoms with Crippen molar-refractivity contribution >= 4 is 17.5 Å². The van der Waals surface area contributed by atoms with E-state index in [0.717, 1.165) is 0 Å². The van der Waals surface area contributed by atoms with E-state index in [-0.39, 0.29) is 5.56 Å². The van der Waals surface area contributed by atoms with E-state index in [1.807, 2.05) is 0 Å². The fourth-order valence-electron chi connectivity index (χ4n) is 1.47. The first kappa shape index (κ1) is 10.2. The first-order valence-electron chi connectivity index (χ1n) is 4.55. The summed E-state index contributed by atoms with van der Waals surface area (Å²) in [7, 11) is 1.30. The number of ether oxygens (including phenoxy) is 1. The van der Waals surface area contributed by atoms with Crippen molar-refractivity contribution in [2.45, 2.75) is 0 Å². The number of methoxy groups -OCH3 is 1. The van der Waals surface area contributed by atoms with Gasteiger partial charge in [-0.25, -0.2) is 9.59 Å². The summed E-state index contributed by atoms with van der Waals surface area (Å²) in [5.74, 6) is -1.44. The monoisotopic (exact) mass is 219 g/mol. The van der Waals surface area contributed by atoms with E-state index in [4.69, 9.17) is 5.11 Å². The van der Waals surface area contributed by atoms with Gasteiger partial charge in [0.1, 0.15) is 0 Å². The van der Waals surface area contributed by atoms with Crippen molar-refractivity contribution < 1.29 is 19.4 Å². The Morgan fingerprint density at radius 1 is 1.31 bits per heavy atom. The molecule has 0 radical (unpaired) electrons. The van der Waals surface area contributed by atoms with E-state index in [1.165, 1.54) is 19.4 Å². The molecule has 2 heterocycles. The lowest BCUT2D eigenvalue weighted by Gasteiger charge is -1.99. The summed E-state index contributed by atoms with van der Waals surface area (Å²) >= 11 is 0. The summed E-state index contributed by atoms with van der Waals surface area (Å²) in [5, 5.41) is 8.81. The van der Waals surface area contributed by atoms with E-state index in [1.54, 1.807) is 22.7 Å². The normalized spacial score (nSPS) is 10.3. The van der Waals surface area contributed by atoms with Crippen molar-refractivity contribution in [2.24, 2.45) is 0 Å². The summed E-state index contributed by atoms with van der Waals surface area (Å²) in [4.78, 5) is 22.0. The second kappa shape index (κ2) is 3.69. The fraction of sp³-hybridized carbons (Fsp3) is 0.0909. The number of fused-ring (bicyclic) bond motifs is 1. The average molecular weight is 219 g/mol. The number of aromatic nitrogens is 1. The van der Waals surface area contributed by atoms with Gasteiger partial charge >= 0.3 is 11.9 Å². The van der Waals surface area contributed by atoms with E-state index < -0.39 is 11.9 Å². The van der Waals surface area contributed by atoms with Gasteiger partial charge in [0, 0.05) is 17.9 Å². The van der Waals surface area contributed by atoms with Crippen LogP contribution >= 0.6 is 0 Å². The Hall–Kier alpha value is -2.30. The molecule has 0 amide bonds. The van der Waals surface area contributed by atoms with Crippen molar-refractivity contribution in [3.63, 3.8) is 0 Å². The Balaban J connectivity index is 2.53. The second-order valence-corrected chi connectivity index (χ2v) is 3.27. The van der Waals surface area contributed by atoms with Gasteiger partial charge in [0.25, 0.3) is 0 Å². The number of carbonyl (C=O) groups is 2. The Labute approximate surface area is 90.9 Å². The van der Waals surface area contributed by atoms with Gasteiger partial charge in [0.05, 0.1) is 18.2 Å². The zero-order valence-electron chi connectivity index (χ0n) is 8.51. The highest BCUT2D eigenvalue weighted by molar-refractivity contribution is 5.92. The number of rotatable bonds is 2. The number of carboxylic acid groups (broad SMARTS) is 1. The van der Waals surface area contributed by atoms with E-state index in [2.05, 4.69) is 4.74 Å². The van der Waals surface area contributed by atoms with Crippen LogP contribution in [-0.4, -0.2) is 28.6 Å². The van der Waals surface area contributed by atoms with Crippen LogP contribution in [0, 0.1) is 0 Å². The third kappa shape index (κ3) is 1.63. The van der Waals surface area contributed by atoms with Crippen molar-refractivity contribution in [3.8, 4) is 0 Å². The van der Waals surface area contributed by atoms with Crippen LogP contribution in [-0.2, 0) is 4.74 Å². The molecule has 0 unspecified atom stereocenters. The molecule has 0 saturated carbocycles.